The van der Waals surface area contributed by atoms with E-state index in [0.29, 0.717) is 6.04 Å². The zero-order valence-corrected chi connectivity index (χ0v) is 11.4. The minimum absolute atomic E-state index is 0.567. The second-order valence-corrected chi connectivity index (χ2v) is 5.77. The summed E-state index contributed by atoms with van der Waals surface area (Å²) in [5.41, 5.74) is 1.43. The van der Waals surface area contributed by atoms with Crippen LogP contribution < -0.4 is 10.1 Å². The highest BCUT2D eigenvalue weighted by molar-refractivity contribution is 5.30. The molecule has 98 valence electrons. The normalized spacial score (nSPS) is 27.9. The monoisotopic (exact) mass is 245 g/mol. The molecular formula is C16H23NO. The Morgan fingerprint density at radius 1 is 1.28 bits per heavy atom. The molecule has 0 aromatic heterocycles. The van der Waals surface area contributed by atoms with E-state index in [9.17, 15) is 0 Å². The predicted octanol–water partition coefficient (Wildman–Crippen LogP) is 3.53. The number of methoxy groups -OCH3 is 1. The number of rotatable bonds is 6. The molecule has 0 heterocycles. The van der Waals surface area contributed by atoms with E-state index in [1.807, 2.05) is 0 Å². The molecular weight excluding hydrogens is 222 g/mol. The minimum atomic E-state index is 0.567. The van der Waals surface area contributed by atoms with Gasteiger partial charge in [0.2, 0.25) is 0 Å². The Kier molecular flexibility index (Phi) is 3.29. The van der Waals surface area contributed by atoms with Crippen molar-refractivity contribution >= 4 is 0 Å². The van der Waals surface area contributed by atoms with Gasteiger partial charge in [-0.3, -0.25) is 0 Å². The van der Waals surface area contributed by atoms with Gasteiger partial charge in [-0.1, -0.05) is 25.5 Å². The van der Waals surface area contributed by atoms with E-state index < -0.39 is 0 Å². The molecule has 2 nitrogen and oxygen atoms in total. The second kappa shape index (κ2) is 4.93. The Morgan fingerprint density at radius 2 is 2.00 bits per heavy atom. The Bertz CT molecular complexity index is 396. The van der Waals surface area contributed by atoms with Crippen molar-refractivity contribution in [2.75, 3.05) is 7.11 Å². The van der Waals surface area contributed by atoms with E-state index in [1.54, 1.807) is 7.11 Å². The average Bonchev–Trinajstić information content (AvgIpc) is 3.29. The lowest BCUT2D eigenvalue weighted by Crippen LogP contribution is -2.26. The van der Waals surface area contributed by atoms with Crippen molar-refractivity contribution in [2.24, 2.45) is 11.8 Å². The van der Waals surface area contributed by atoms with Crippen LogP contribution in [0, 0.1) is 11.8 Å². The maximum Gasteiger partial charge on any atom is 0.118 e. The van der Waals surface area contributed by atoms with Gasteiger partial charge in [-0.25, -0.2) is 0 Å². The smallest absolute Gasteiger partial charge is 0.118 e. The van der Waals surface area contributed by atoms with Gasteiger partial charge in [-0.15, -0.1) is 0 Å². The number of benzene rings is 1. The molecule has 0 spiro atoms. The largest absolute Gasteiger partial charge is 0.497 e. The standard InChI is InChI=1S/C16H23NO/c1-3-11-10-15(11)17-16(12-4-5-12)13-6-8-14(18-2)9-7-13/h6-9,11-12,15-17H,3-5,10H2,1-2H3. The van der Waals surface area contributed by atoms with E-state index in [4.69, 9.17) is 4.74 Å². The first-order chi connectivity index (χ1) is 8.81. The summed E-state index contributed by atoms with van der Waals surface area (Å²) in [5.74, 6) is 2.73. The lowest BCUT2D eigenvalue weighted by molar-refractivity contribution is 0.413. The summed E-state index contributed by atoms with van der Waals surface area (Å²) in [4.78, 5) is 0. The fraction of sp³-hybridized carbons (Fsp3) is 0.625. The topological polar surface area (TPSA) is 21.3 Å². The first-order valence-electron chi connectivity index (χ1n) is 7.21. The molecule has 18 heavy (non-hydrogen) atoms. The van der Waals surface area contributed by atoms with Crippen molar-refractivity contribution in [3.05, 3.63) is 29.8 Å². The van der Waals surface area contributed by atoms with Crippen molar-refractivity contribution < 1.29 is 4.74 Å². The highest BCUT2D eigenvalue weighted by Gasteiger charge is 2.41. The molecule has 1 N–H and O–H groups in total. The number of hydrogen-bond donors (Lipinski definition) is 1. The van der Waals surface area contributed by atoms with Crippen LogP contribution in [-0.4, -0.2) is 13.2 Å². The van der Waals surface area contributed by atoms with Crippen LogP contribution in [-0.2, 0) is 0 Å². The first-order valence-corrected chi connectivity index (χ1v) is 7.21. The van der Waals surface area contributed by atoms with Crippen LogP contribution in [0.5, 0.6) is 5.75 Å². The highest BCUT2D eigenvalue weighted by Crippen LogP contribution is 2.44. The van der Waals surface area contributed by atoms with Gasteiger partial charge in [0.1, 0.15) is 5.75 Å². The fourth-order valence-electron chi connectivity index (χ4n) is 2.88. The number of ether oxygens (including phenoxy) is 1. The van der Waals surface area contributed by atoms with E-state index in [1.165, 1.54) is 31.2 Å². The van der Waals surface area contributed by atoms with Crippen LogP contribution in [0.1, 0.15) is 44.2 Å². The quantitative estimate of drug-likeness (QED) is 0.827. The van der Waals surface area contributed by atoms with Gasteiger partial charge in [-0.2, -0.15) is 0 Å². The Balaban J connectivity index is 1.68. The molecule has 0 aliphatic heterocycles. The van der Waals surface area contributed by atoms with Gasteiger partial charge in [0, 0.05) is 12.1 Å². The van der Waals surface area contributed by atoms with E-state index in [-0.39, 0.29) is 0 Å². The SMILES string of the molecule is CCC1CC1NC(c1ccc(OC)cc1)C1CC1. The summed E-state index contributed by atoms with van der Waals surface area (Å²) >= 11 is 0. The lowest BCUT2D eigenvalue weighted by Gasteiger charge is -2.19. The Labute approximate surface area is 110 Å². The zero-order valence-electron chi connectivity index (χ0n) is 11.4. The van der Waals surface area contributed by atoms with Crippen LogP contribution in [0.25, 0.3) is 0 Å². The van der Waals surface area contributed by atoms with Crippen molar-refractivity contribution in [2.45, 2.75) is 44.7 Å². The molecule has 2 heteroatoms. The predicted molar refractivity (Wildman–Crippen MR) is 73.8 cm³/mol. The number of nitrogens with one attached hydrogen (secondary N) is 1. The highest BCUT2D eigenvalue weighted by atomic mass is 16.5. The van der Waals surface area contributed by atoms with E-state index in [0.717, 1.165) is 23.6 Å². The molecule has 0 saturated heterocycles. The number of hydrogen-bond acceptors (Lipinski definition) is 2. The molecule has 3 atom stereocenters. The molecule has 2 aliphatic rings. The van der Waals surface area contributed by atoms with Gasteiger partial charge in [0.05, 0.1) is 7.11 Å². The van der Waals surface area contributed by atoms with Gasteiger partial charge >= 0.3 is 0 Å². The van der Waals surface area contributed by atoms with Crippen molar-refractivity contribution in [1.82, 2.24) is 5.32 Å². The summed E-state index contributed by atoms with van der Waals surface area (Å²) in [6.45, 7) is 2.30. The summed E-state index contributed by atoms with van der Waals surface area (Å²) in [7, 11) is 1.72. The molecule has 2 fully saturated rings. The van der Waals surface area contributed by atoms with E-state index >= 15 is 0 Å². The molecule has 2 saturated carbocycles. The maximum atomic E-state index is 5.23. The average molecular weight is 245 g/mol. The third-order valence-electron chi connectivity index (χ3n) is 4.41. The Morgan fingerprint density at radius 3 is 2.50 bits per heavy atom. The van der Waals surface area contributed by atoms with Gasteiger partial charge in [0.25, 0.3) is 0 Å². The third kappa shape index (κ3) is 2.54. The summed E-state index contributed by atoms with van der Waals surface area (Å²) in [6, 6.07) is 9.93. The molecule has 0 radical (unpaired) electrons. The lowest BCUT2D eigenvalue weighted by atomic mass is 10.0. The van der Waals surface area contributed by atoms with Crippen LogP contribution in [0.15, 0.2) is 24.3 Å². The minimum Gasteiger partial charge on any atom is -0.497 e. The van der Waals surface area contributed by atoms with Crippen LogP contribution >= 0.6 is 0 Å². The molecule has 0 bridgehead atoms. The first kappa shape index (κ1) is 12.0. The molecule has 3 unspecified atom stereocenters. The van der Waals surface area contributed by atoms with Crippen LogP contribution in [0.2, 0.25) is 0 Å². The fourth-order valence-corrected chi connectivity index (χ4v) is 2.88. The van der Waals surface area contributed by atoms with E-state index in [2.05, 4.69) is 36.5 Å². The summed E-state index contributed by atoms with van der Waals surface area (Å²) in [6.07, 6.45) is 5.45. The molecule has 3 rings (SSSR count). The van der Waals surface area contributed by atoms with Crippen molar-refractivity contribution in [3.8, 4) is 5.75 Å². The molecule has 0 amide bonds. The van der Waals surface area contributed by atoms with Gasteiger partial charge in [-0.05, 0) is 48.8 Å². The van der Waals surface area contributed by atoms with Crippen molar-refractivity contribution in [3.63, 3.8) is 0 Å². The van der Waals surface area contributed by atoms with Crippen LogP contribution in [0.4, 0.5) is 0 Å². The second-order valence-electron chi connectivity index (χ2n) is 5.77. The Hall–Kier alpha value is -1.02. The zero-order chi connectivity index (χ0) is 12.5. The maximum absolute atomic E-state index is 5.23. The van der Waals surface area contributed by atoms with Crippen LogP contribution in [0.3, 0.4) is 0 Å². The van der Waals surface area contributed by atoms with Crippen molar-refractivity contribution in [1.29, 1.82) is 0 Å². The van der Waals surface area contributed by atoms with Gasteiger partial charge < -0.3 is 10.1 Å². The molecule has 2 aliphatic carbocycles. The third-order valence-corrected chi connectivity index (χ3v) is 4.41. The molecule has 1 aromatic rings. The summed E-state index contributed by atoms with van der Waals surface area (Å²) < 4.78 is 5.23. The van der Waals surface area contributed by atoms with Gasteiger partial charge in [0.15, 0.2) is 0 Å². The summed E-state index contributed by atoms with van der Waals surface area (Å²) in [5, 5.41) is 3.87. The molecule has 1 aromatic carbocycles.